The summed E-state index contributed by atoms with van der Waals surface area (Å²) in [5, 5.41) is 0. The van der Waals surface area contributed by atoms with Crippen LogP contribution in [0.1, 0.15) is 88.4 Å². The third-order valence-electron chi connectivity index (χ3n) is 6.25. The van der Waals surface area contributed by atoms with Crippen LogP contribution in [-0.4, -0.2) is 13.6 Å². The quantitative estimate of drug-likeness (QED) is 0.467. The maximum atomic E-state index is 13.3. The van der Waals surface area contributed by atoms with Crippen molar-refractivity contribution >= 4 is 13.6 Å². The topological polar surface area (TPSA) is 35.5 Å². The molecule has 0 saturated heterocycles. The summed E-state index contributed by atoms with van der Waals surface area (Å²) in [6, 6.07) is 8.67. The second-order valence-corrected chi connectivity index (χ2v) is 11.5. The van der Waals surface area contributed by atoms with Gasteiger partial charge in [-0.25, -0.2) is 0 Å². The van der Waals surface area contributed by atoms with E-state index in [0.29, 0.717) is 11.3 Å². The first-order chi connectivity index (χ1) is 14.2. The molecule has 0 aromatic heterocycles. The van der Waals surface area contributed by atoms with Crippen LogP contribution >= 0.6 is 0 Å². The molecular formula is C27H32BO3Rb. The molecule has 2 aliphatic heterocycles. The molecule has 0 unspecified atom stereocenters. The standard InChI is InChI=1S/C27H32BO3.Rb/c1-15-9-10-17-16(11-15)22-20(31-27(17,7)8)12-18(26(5,6)14-25(2,3)4)23-19(29)13-21(28)30-24(22)23;/h9-12H,13-14H2,1-8H3;/q-1;+1. The molecular weight excluding hydrogens is 469 g/mol. The number of ether oxygens (including phenoxy) is 2. The van der Waals surface area contributed by atoms with Gasteiger partial charge in [0.1, 0.15) is 22.9 Å². The predicted molar refractivity (Wildman–Crippen MR) is 126 cm³/mol. The Morgan fingerprint density at radius 2 is 1.75 bits per heavy atom. The maximum Gasteiger partial charge on any atom is 1.00 e. The molecule has 2 aromatic rings. The Bertz CT molecular complexity index is 1080. The van der Waals surface area contributed by atoms with E-state index in [1.165, 1.54) is 0 Å². The molecule has 2 radical (unpaired) electrons. The van der Waals surface area contributed by atoms with Crippen molar-refractivity contribution in [2.75, 3.05) is 0 Å². The number of rotatable bonds is 2. The molecule has 0 N–H and O–H groups in total. The minimum absolute atomic E-state index is 0. The van der Waals surface area contributed by atoms with E-state index < -0.39 is 5.60 Å². The van der Waals surface area contributed by atoms with Crippen LogP contribution in [0.25, 0.3) is 11.1 Å². The zero-order valence-electron chi connectivity index (χ0n) is 21.0. The van der Waals surface area contributed by atoms with E-state index in [9.17, 15) is 4.79 Å². The van der Waals surface area contributed by atoms with E-state index >= 15 is 0 Å². The number of hydrogen-bond donors (Lipinski definition) is 0. The van der Waals surface area contributed by atoms with Crippen LogP contribution in [0.5, 0.6) is 11.5 Å². The number of benzene rings is 2. The summed E-state index contributed by atoms with van der Waals surface area (Å²) in [5.41, 5.74) is 5.08. The number of aryl methyl sites for hydroxylation is 1. The third-order valence-corrected chi connectivity index (χ3v) is 6.25. The van der Waals surface area contributed by atoms with Gasteiger partial charge in [-0.15, -0.1) is 7.85 Å². The first kappa shape index (κ1) is 26.2. The molecule has 2 heterocycles. The Kier molecular flexibility index (Phi) is 7.09. The molecule has 5 heteroatoms. The second kappa shape index (κ2) is 8.66. The molecule has 0 aliphatic carbocycles. The average molecular weight is 501 g/mol. The van der Waals surface area contributed by atoms with Crippen LogP contribution in [0.3, 0.4) is 0 Å². The van der Waals surface area contributed by atoms with Gasteiger partial charge in [0.15, 0.2) is 0 Å². The fourth-order valence-corrected chi connectivity index (χ4v) is 5.44. The normalized spacial score (nSPS) is 17.3. The summed E-state index contributed by atoms with van der Waals surface area (Å²) < 4.78 is 12.7. The maximum absolute atomic E-state index is 13.3. The third kappa shape index (κ3) is 4.72. The van der Waals surface area contributed by atoms with Crippen molar-refractivity contribution in [2.24, 2.45) is 5.41 Å². The van der Waals surface area contributed by atoms with E-state index in [1.54, 1.807) is 0 Å². The van der Waals surface area contributed by atoms with E-state index in [0.717, 1.165) is 40.0 Å². The summed E-state index contributed by atoms with van der Waals surface area (Å²) >= 11 is 0. The number of Topliss-reactive ketones (excluding diaryl/α,β-unsaturated/α-hetero) is 1. The minimum atomic E-state index is -0.496. The fourth-order valence-electron chi connectivity index (χ4n) is 5.44. The summed E-state index contributed by atoms with van der Waals surface area (Å²) in [6.45, 7) is 17.3. The average Bonchev–Trinajstić information content (AvgIpc) is 2.57. The van der Waals surface area contributed by atoms with Crippen molar-refractivity contribution in [3.05, 3.63) is 52.5 Å². The van der Waals surface area contributed by atoms with Gasteiger partial charge in [-0.1, -0.05) is 64.8 Å². The molecule has 0 atom stereocenters. The molecule has 0 saturated carbocycles. The van der Waals surface area contributed by atoms with Gasteiger partial charge in [-0.05, 0) is 55.2 Å². The Labute approximate surface area is 243 Å². The zero-order valence-corrected chi connectivity index (χ0v) is 25.9. The summed E-state index contributed by atoms with van der Waals surface area (Å²) in [7, 11) is 6.07. The van der Waals surface area contributed by atoms with Crippen LogP contribution in [0.2, 0.25) is 0 Å². The Morgan fingerprint density at radius 1 is 1.09 bits per heavy atom. The fraction of sp³-hybridized carbons (Fsp3) is 0.481. The number of carbonyl (C=O) groups excluding carboxylic acids is 1. The van der Waals surface area contributed by atoms with E-state index in [4.69, 9.17) is 17.3 Å². The molecule has 2 aliphatic rings. The van der Waals surface area contributed by atoms with E-state index in [1.807, 2.05) is 0 Å². The molecule has 162 valence electrons. The number of hydrogen-bond acceptors (Lipinski definition) is 3. The predicted octanol–water partition coefficient (Wildman–Crippen LogP) is 3.63. The second-order valence-electron chi connectivity index (χ2n) is 11.5. The first-order valence-electron chi connectivity index (χ1n) is 11.0. The molecule has 0 fully saturated rings. The summed E-state index contributed by atoms with van der Waals surface area (Å²) in [4.78, 5) is 13.3. The van der Waals surface area contributed by atoms with Crippen molar-refractivity contribution in [3.63, 3.8) is 0 Å². The van der Waals surface area contributed by atoms with Gasteiger partial charge in [0.25, 0.3) is 0 Å². The Morgan fingerprint density at radius 3 is 2.38 bits per heavy atom. The largest absolute Gasteiger partial charge is 1.00 e. The number of carbonyl (C=O) groups is 1. The van der Waals surface area contributed by atoms with Gasteiger partial charge in [0.2, 0.25) is 0 Å². The van der Waals surface area contributed by atoms with Crippen molar-refractivity contribution in [1.82, 2.24) is 0 Å². The number of fused-ring (bicyclic) bond motifs is 5. The molecule has 3 nitrogen and oxygen atoms in total. The monoisotopic (exact) mass is 500 g/mol. The molecule has 0 amide bonds. The summed E-state index contributed by atoms with van der Waals surface area (Å²) in [5.74, 6) is 1.31. The first-order valence-corrected chi connectivity index (χ1v) is 11.0. The smallest absolute Gasteiger partial charge is 0.665 e. The SMILES string of the molecule is [B][C-]1CC(=O)c2c(C(C)(C)CC(C)(C)C)cc3c(c2O1)-c1cc(C)ccc1C(C)(C)O3.[Rb+]. The van der Waals surface area contributed by atoms with Crippen molar-refractivity contribution in [1.29, 1.82) is 0 Å². The van der Waals surface area contributed by atoms with Crippen molar-refractivity contribution < 1.29 is 72.5 Å². The van der Waals surface area contributed by atoms with Gasteiger partial charge in [-0.2, -0.15) is 6.00 Å². The van der Waals surface area contributed by atoms with Gasteiger partial charge < -0.3 is 9.47 Å². The molecule has 0 bridgehead atoms. The molecule has 2 aromatic carbocycles. The van der Waals surface area contributed by atoms with Crippen LogP contribution in [0, 0.1) is 18.3 Å². The van der Waals surface area contributed by atoms with Gasteiger partial charge >= 0.3 is 58.2 Å². The molecule has 0 spiro atoms. The molecule has 32 heavy (non-hydrogen) atoms. The van der Waals surface area contributed by atoms with Crippen LogP contribution in [-0.2, 0) is 11.0 Å². The van der Waals surface area contributed by atoms with Crippen LogP contribution in [0.4, 0.5) is 0 Å². The van der Waals surface area contributed by atoms with Crippen molar-refractivity contribution in [2.45, 2.75) is 79.2 Å². The van der Waals surface area contributed by atoms with Crippen LogP contribution < -0.4 is 67.7 Å². The Hall–Kier alpha value is -0.420. The van der Waals surface area contributed by atoms with Gasteiger partial charge in [0, 0.05) is 5.56 Å². The van der Waals surface area contributed by atoms with E-state index in [2.05, 4.69) is 79.7 Å². The summed E-state index contributed by atoms with van der Waals surface area (Å²) in [6.07, 6.45) is 1.02. The number of ketones is 1. The van der Waals surface area contributed by atoms with Gasteiger partial charge in [0.05, 0.1) is 11.1 Å². The Balaban J connectivity index is 0.00000289. The van der Waals surface area contributed by atoms with Crippen LogP contribution in [0.15, 0.2) is 24.3 Å². The molecule has 4 rings (SSSR count). The minimum Gasteiger partial charge on any atom is -0.665 e. The zero-order chi connectivity index (χ0) is 22.9. The van der Waals surface area contributed by atoms with Gasteiger partial charge in [-0.3, -0.25) is 4.79 Å². The van der Waals surface area contributed by atoms with E-state index in [-0.39, 0.29) is 87.2 Å². The van der Waals surface area contributed by atoms with Crippen molar-refractivity contribution in [3.8, 4) is 22.6 Å².